The number of benzene rings is 1. The van der Waals surface area contributed by atoms with Crippen LogP contribution in [0.15, 0.2) is 18.2 Å². The SMILES string of the molecule is Cc1cc(N)ccc1C(=O)[NH+]([O-])C1CCC(=O)NC1=O. The number of nitrogens with one attached hydrogen (secondary N) is 2. The number of nitrogen functional groups attached to an aromatic ring is 1. The number of carbonyl (C=O) groups excluding carboxylic acids is 3. The van der Waals surface area contributed by atoms with Gasteiger partial charge in [0.15, 0.2) is 6.04 Å². The zero-order chi connectivity index (χ0) is 14.9. The maximum Gasteiger partial charge on any atom is 0.345 e. The first-order valence-corrected chi connectivity index (χ1v) is 6.18. The number of rotatable bonds is 2. The normalized spacial score (nSPS) is 20.4. The highest BCUT2D eigenvalue weighted by Gasteiger charge is 2.35. The number of nitrogens with two attached hydrogens (primary N) is 1. The van der Waals surface area contributed by atoms with Crippen LogP contribution in [-0.4, -0.2) is 23.8 Å². The fourth-order valence-electron chi connectivity index (χ4n) is 2.18. The van der Waals surface area contributed by atoms with Gasteiger partial charge in [-0.1, -0.05) is 0 Å². The zero-order valence-corrected chi connectivity index (χ0v) is 10.9. The summed E-state index contributed by atoms with van der Waals surface area (Å²) in [6.45, 7) is 1.67. The second kappa shape index (κ2) is 5.40. The Labute approximate surface area is 115 Å². The molecule has 1 aromatic carbocycles. The van der Waals surface area contributed by atoms with Crippen molar-refractivity contribution in [1.82, 2.24) is 5.32 Å². The van der Waals surface area contributed by atoms with Crippen molar-refractivity contribution in [2.45, 2.75) is 25.8 Å². The van der Waals surface area contributed by atoms with E-state index < -0.39 is 28.8 Å². The van der Waals surface area contributed by atoms with E-state index in [1.165, 1.54) is 12.1 Å². The van der Waals surface area contributed by atoms with E-state index in [-0.39, 0.29) is 18.4 Å². The monoisotopic (exact) mass is 277 g/mol. The summed E-state index contributed by atoms with van der Waals surface area (Å²) in [5.74, 6) is -1.85. The molecule has 2 atom stereocenters. The number of carbonyl (C=O) groups is 3. The first-order chi connectivity index (χ1) is 9.40. The number of anilines is 1. The van der Waals surface area contributed by atoms with E-state index in [1.54, 1.807) is 13.0 Å². The van der Waals surface area contributed by atoms with Crippen molar-refractivity contribution in [2.24, 2.45) is 0 Å². The van der Waals surface area contributed by atoms with Crippen molar-refractivity contribution in [2.75, 3.05) is 5.73 Å². The molecule has 20 heavy (non-hydrogen) atoms. The molecule has 1 aromatic rings. The van der Waals surface area contributed by atoms with Gasteiger partial charge in [-0.25, -0.2) is 4.79 Å². The summed E-state index contributed by atoms with van der Waals surface area (Å²) < 4.78 is 0. The Morgan fingerprint density at radius 3 is 2.75 bits per heavy atom. The number of aryl methyl sites for hydroxylation is 1. The molecule has 1 aliphatic heterocycles. The number of hydrogen-bond acceptors (Lipinski definition) is 5. The highest BCUT2D eigenvalue weighted by molar-refractivity contribution is 6.00. The quantitative estimate of drug-likeness (QED) is 0.360. The van der Waals surface area contributed by atoms with Crippen LogP contribution >= 0.6 is 0 Å². The van der Waals surface area contributed by atoms with Crippen LogP contribution in [0.4, 0.5) is 5.69 Å². The molecule has 0 aliphatic carbocycles. The average Bonchev–Trinajstić information content (AvgIpc) is 2.37. The summed E-state index contributed by atoms with van der Waals surface area (Å²) in [6, 6.07) is 3.50. The van der Waals surface area contributed by atoms with Crippen molar-refractivity contribution >= 4 is 23.4 Å². The van der Waals surface area contributed by atoms with Crippen LogP contribution in [-0.2, 0) is 9.59 Å². The standard InChI is InChI=1S/C13H15N3O4/c1-7-6-8(14)2-3-9(7)13(19)16(20)10-4-5-11(17)15-12(10)18/h2-3,6,10,16H,4-5,14H2,1H3,(H,15,17,18). The molecule has 0 radical (unpaired) electrons. The summed E-state index contributed by atoms with van der Waals surface area (Å²) in [7, 11) is 0. The predicted octanol–water partition coefficient (Wildman–Crippen LogP) is -1.09. The molecule has 1 heterocycles. The zero-order valence-electron chi connectivity index (χ0n) is 10.9. The summed E-state index contributed by atoms with van der Waals surface area (Å²) in [5, 5.41) is 13.4. The Hall–Kier alpha value is -2.25. The highest BCUT2D eigenvalue weighted by atomic mass is 16.5. The average molecular weight is 277 g/mol. The van der Waals surface area contributed by atoms with Crippen molar-refractivity contribution in [1.29, 1.82) is 0 Å². The molecule has 1 aliphatic rings. The summed E-state index contributed by atoms with van der Waals surface area (Å²) >= 11 is 0. The van der Waals surface area contributed by atoms with Crippen LogP contribution < -0.4 is 16.1 Å². The largest absolute Gasteiger partial charge is 0.626 e. The molecule has 2 unspecified atom stereocenters. The number of amides is 3. The second-order valence-electron chi connectivity index (χ2n) is 4.77. The van der Waals surface area contributed by atoms with E-state index in [9.17, 15) is 19.6 Å². The Kier molecular flexibility index (Phi) is 3.82. The summed E-state index contributed by atoms with van der Waals surface area (Å²) in [4.78, 5) is 34.8. The van der Waals surface area contributed by atoms with E-state index in [2.05, 4.69) is 5.32 Å². The molecule has 2 rings (SSSR count). The predicted molar refractivity (Wildman–Crippen MR) is 70.4 cm³/mol. The molecule has 7 heteroatoms. The highest BCUT2D eigenvalue weighted by Crippen LogP contribution is 2.12. The third-order valence-electron chi connectivity index (χ3n) is 3.27. The lowest BCUT2D eigenvalue weighted by atomic mass is 10.0. The van der Waals surface area contributed by atoms with E-state index in [0.29, 0.717) is 11.3 Å². The van der Waals surface area contributed by atoms with Gasteiger partial charge in [0.05, 0.1) is 5.56 Å². The molecule has 1 fully saturated rings. The lowest BCUT2D eigenvalue weighted by Gasteiger charge is -2.30. The van der Waals surface area contributed by atoms with E-state index in [1.807, 2.05) is 0 Å². The van der Waals surface area contributed by atoms with Crippen LogP contribution in [0.5, 0.6) is 0 Å². The maximum atomic E-state index is 12.1. The number of imide groups is 1. The van der Waals surface area contributed by atoms with E-state index >= 15 is 0 Å². The van der Waals surface area contributed by atoms with Crippen LogP contribution in [0.2, 0.25) is 0 Å². The van der Waals surface area contributed by atoms with Crippen LogP contribution in [0.25, 0.3) is 0 Å². The molecular weight excluding hydrogens is 262 g/mol. The fourth-order valence-corrected chi connectivity index (χ4v) is 2.18. The number of quaternary nitrogens is 1. The second-order valence-corrected chi connectivity index (χ2v) is 4.77. The minimum Gasteiger partial charge on any atom is -0.626 e. The summed E-state index contributed by atoms with van der Waals surface area (Å²) in [5.41, 5.74) is 6.89. The van der Waals surface area contributed by atoms with Gasteiger partial charge in [0.1, 0.15) is 0 Å². The van der Waals surface area contributed by atoms with Crippen LogP contribution in [0.1, 0.15) is 28.8 Å². The smallest absolute Gasteiger partial charge is 0.345 e. The molecule has 0 saturated carbocycles. The molecule has 0 aromatic heterocycles. The third kappa shape index (κ3) is 2.68. The van der Waals surface area contributed by atoms with Gasteiger partial charge in [-0.15, -0.1) is 0 Å². The molecule has 1 saturated heterocycles. The fraction of sp³-hybridized carbons (Fsp3) is 0.308. The molecule has 3 amide bonds. The lowest BCUT2D eigenvalue weighted by molar-refractivity contribution is -0.777. The lowest BCUT2D eigenvalue weighted by Crippen LogP contribution is -3.15. The maximum absolute atomic E-state index is 12.1. The molecule has 0 spiro atoms. The van der Waals surface area contributed by atoms with Gasteiger partial charge in [0, 0.05) is 18.5 Å². The number of piperidine rings is 1. The Morgan fingerprint density at radius 1 is 1.45 bits per heavy atom. The van der Waals surface area contributed by atoms with E-state index in [4.69, 9.17) is 5.73 Å². The van der Waals surface area contributed by atoms with Gasteiger partial charge in [0.25, 0.3) is 5.91 Å². The summed E-state index contributed by atoms with van der Waals surface area (Å²) in [6.07, 6.45) is 0.138. The van der Waals surface area contributed by atoms with Gasteiger partial charge in [-0.05, 0) is 30.7 Å². The van der Waals surface area contributed by atoms with Gasteiger partial charge in [-0.3, -0.25) is 20.0 Å². The van der Waals surface area contributed by atoms with Crippen molar-refractivity contribution < 1.29 is 19.4 Å². The van der Waals surface area contributed by atoms with Crippen LogP contribution in [0.3, 0.4) is 0 Å². The van der Waals surface area contributed by atoms with Gasteiger partial charge in [0.2, 0.25) is 5.91 Å². The van der Waals surface area contributed by atoms with Crippen molar-refractivity contribution in [3.63, 3.8) is 0 Å². The molecule has 4 N–H and O–H groups in total. The first kappa shape index (κ1) is 14.2. The Morgan fingerprint density at radius 2 is 2.15 bits per heavy atom. The molecular formula is C13H15N3O4. The van der Waals surface area contributed by atoms with Crippen molar-refractivity contribution in [3.05, 3.63) is 34.5 Å². The Bertz CT molecular complexity index is 585. The molecule has 0 bridgehead atoms. The number of hydrogen-bond donors (Lipinski definition) is 3. The first-order valence-electron chi connectivity index (χ1n) is 6.18. The van der Waals surface area contributed by atoms with Crippen LogP contribution in [0, 0.1) is 12.1 Å². The molecule has 106 valence electrons. The topological polar surface area (TPSA) is 117 Å². The van der Waals surface area contributed by atoms with Gasteiger partial charge in [-0.2, -0.15) is 0 Å². The van der Waals surface area contributed by atoms with E-state index in [0.717, 1.165) is 0 Å². The van der Waals surface area contributed by atoms with Crippen molar-refractivity contribution in [3.8, 4) is 0 Å². The third-order valence-corrected chi connectivity index (χ3v) is 3.27. The molecule has 7 nitrogen and oxygen atoms in total. The minimum atomic E-state index is -1.09. The Balaban J connectivity index is 2.20. The minimum absolute atomic E-state index is 0.0656. The van der Waals surface area contributed by atoms with Gasteiger partial charge < -0.3 is 10.9 Å². The van der Waals surface area contributed by atoms with Gasteiger partial charge >= 0.3 is 5.91 Å². The number of hydroxylamine groups is 2.